The molecule has 1 aliphatic heterocycles. The summed E-state index contributed by atoms with van der Waals surface area (Å²) in [7, 11) is 0. The van der Waals surface area contributed by atoms with Crippen LogP contribution < -0.4 is 5.32 Å². The van der Waals surface area contributed by atoms with E-state index >= 15 is 0 Å². The van der Waals surface area contributed by atoms with Crippen molar-refractivity contribution in [2.45, 2.75) is 25.4 Å². The van der Waals surface area contributed by atoms with Gasteiger partial charge in [-0.2, -0.15) is 0 Å². The average molecular weight is 141 g/mol. The number of halogens is 1. The molecule has 1 heterocycles. The minimum absolute atomic E-state index is 0.536. The van der Waals surface area contributed by atoms with Crippen molar-refractivity contribution in [2.75, 3.05) is 13.1 Å². The first-order valence-corrected chi connectivity index (χ1v) is 3.60. The molecule has 0 atom stereocenters. The van der Waals surface area contributed by atoms with Gasteiger partial charge < -0.3 is 5.32 Å². The molecule has 1 saturated heterocycles. The van der Waals surface area contributed by atoms with E-state index in [1.807, 2.05) is 0 Å². The molecule has 0 aromatic carbocycles. The lowest BCUT2D eigenvalue weighted by molar-refractivity contribution is 0.184. The Morgan fingerprint density at radius 2 is 2.00 bits per heavy atom. The third kappa shape index (κ3) is 1.71. The Morgan fingerprint density at radius 1 is 1.40 bits per heavy atom. The molecule has 1 N–H and O–H groups in total. The summed E-state index contributed by atoms with van der Waals surface area (Å²) >= 11 is 0. The first-order chi connectivity index (χ1) is 4.77. The Hall–Kier alpha value is -0.550. The second kappa shape index (κ2) is 3.03. The smallest absolute Gasteiger partial charge is 0.173 e. The largest absolute Gasteiger partial charge is 0.316 e. The summed E-state index contributed by atoms with van der Waals surface area (Å²) in [6.45, 7) is 3.19. The number of rotatable bonds is 0. The van der Waals surface area contributed by atoms with Crippen molar-refractivity contribution < 1.29 is 4.39 Å². The van der Waals surface area contributed by atoms with Gasteiger partial charge in [0.2, 0.25) is 0 Å². The van der Waals surface area contributed by atoms with Crippen LogP contribution in [0.5, 0.6) is 0 Å². The van der Waals surface area contributed by atoms with Crippen LogP contribution in [0.3, 0.4) is 0 Å². The van der Waals surface area contributed by atoms with E-state index in [0.717, 1.165) is 13.1 Å². The van der Waals surface area contributed by atoms with E-state index in [0.29, 0.717) is 12.8 Å². The highest BCUT2D eigenvalue weighted by Crippen LogP contribution is 2.21. The van der Waals surface area contributed by atoms with Crippen LogP contribution in [-0.2, 0) is 0 Å². The van der Waals surface area contributed by atoms with Crippen LogP contribution in [0, 0.1) is 11.8 Å². The van der Waals surface area contributed by atoms with E-state index in [1.165, 1.54) is 0 Å². The summed E-state index contributed by atoms with van der Waals surface area (Å²) < 4.78 is 13.4. The van der Waals surface area contributed by atoms with E-state index in [-0.39, 0.29) is 0 Å². The summed E-state index contributed by atoms with van der Waals surface area (Å²) in [6.07, 6.45) is 1.07. The van der Waals surface area contributed by atoms with Crippen LogP contribution in [0.4, 0.5) is 4.39 Å². The van der Waals surface area contributed by atoms with Gasteiger partial charge in [-0.25, -0.2) is 4.39 Å². The molecule has 0 aliphatic carbocycles. The summed E-state index contributed by atoms with van der Waals surface area (Å²) in [5.41, 5.74) is -1.19. The minimum atomic E-state index is -1.19. The Bertz CT molecular complexity index is 160. The van der Waals surface area contributed by atoms with Crippen LogP contribution in [0.15, 0.2) is 0 Å². The fourth-order valence-electron chi connectivity index (χ4n) is 1.17. The van der Waals surface area contributed by atoms with E-state index in [9.17, 15) is 4.39 Å². The maximum atomic E-state index is 13.4. The molecular weight excluding hydrogens is 129 g/mol. The van der Waals surface area contributed by atoms with E-state index in [2.05, 4.69) is 17.2 Å². The van der Waals surface area contributed by atoms with Gasteiger partial charge in [0.05, 0.1) is 0 Å². The topological polar surface area (TPSA) is 12.0 Å². The van der Waals surface area contributed by atoms with Gasteiger partial charge in [0, 0.05) is 12.8 Å². The third-order valence-corrected chi connectivity index (χ3v) is 1.75. The van der Waals surface area contributed by atoms with Gasteiger partial charge in [0.1, 0.15) is 0 Å². The van der Waals surface area contributed by atoms with Gasteiger partial charge >= 0.3 is 0 Å². The molecule has 1 nitrogen and oxygen atoms in total. The van der Waals surface area contributed by atoms with Crippen molar-refractivity contribution in [3.8, 4) is 11.8 Å². The summed E-state index contributed by atoms with van der Waals surface area (Å²) in [4.78, 5) is 0. The van der Waals surface area contributed by atoms with Crippen LogP contribution in [-0.4, -0.2) is 18.8 Å². The third-order valence-electron chi connectivity index (χ3n) is 1.75. The van der Waals surface area contributed by atoms with Gasteiger partial charge in [0.15, 0.2) is 5.67 Å². The van der Waals surface area contributed by atoms with Gasteiger partial charge in [-0.15, -0.1) is 5.92 Å². The zero-order valence-electron chi connectivity index (χ0n) is 6.21. The number of hydrogen-bond donors (Lipinski definition) is 1. The maximum Gasteiger partial charge on any atom is 0.173 e. The Kier molecular flexibility index (Phi) is 2.29. The highest BCUT2D eigenvalue weighted by Gasteiger charge is 2.28. The molecule has 0 aromatic heterocycles. The van der Waals surface area contributed by atoms with Gasteiger partial charge in [-0.05, 0) is 20.0 Å². The zero-order valence-corrected chi connectivity index (χ0v) is 6.21. The molecule has 0 saturated carbocycles. The molecule has 0 unspecified atom stereocenters. The lowest BCUT2D eigenvalue weighted by Crippen LogP contribution is -2.37. The van der Waals surface area contributed by atoms with Crippen molar-refractivity contribution in [1.82, 2.24) is 5.32 Å². The predicted molar refractivity (Wildman–Crippen MR) is 39.4 cm³/mol. The summed E-state index contributed by atoms with van der Waals surface area (Å²) in [5.74, 6) is 5.23. The summed E-state index contributed by atoms with van der Waals surface area (Å²) in [5, 5.41) is 3.09. The number of piperidine rings is 1. The lowest BCUT2D eigenvalue weighted by Gasteiger charge is -2.24. The van der Waals surface area contributed by atoms with E-state index < -0.39 is 5.67 Å². The fourth-order valence-corrected chi connectivity index (χ4v) is 1.17. The molecular formula is C8H12FN. The maximum absolute atomic E-state index is 13.4. The highest BCUT2D eigenvalue weighted by atomic mass is 19.1. The average Bonchev–Trinajstić information content (AvgIpc) is 1.89. The first-order valence-electron chi connectivity index (χ1n) is 3.60. The SMILES string of the molecule is CC#CC1(F)CCNCC1. The lowest BCUT2D eigenvalue weighted by atomic mass is 9.95. The molecule has 56 valence electrons. The van der Waals surface area contributed by atoms with Gasteiger partial charge in [-0.3, -0.25) is 0 Å². The van der Waals surface area contributed by atoms with Crippen LogP contribution in [0.1, 0.15) is 19.8 Å². The second-order valence-corrected chi connectivity index (χ2v) is 2.59. The zero-order chi connectivity index (χ0) is 7.45. The molecule has 2 heteroatoms. The van der Waals surface area contributed by atoms with E-state index in [1.54, 1.807) is 6.92 Å². The summed E-state index contributed by atoms with van der Waals surface area (Å²) in [6, 6.07) is 0. The van der Waals surface area contributed by atoms with Crippen LogP contribution in [0.25, 0.3) is 0 Å². The number of alkyl halides is 1. The monoisotopic (exact) mass is 141 g/mol. The molecule has 1 fully saturated rings. The number of nitrogens with one attached hydrogen (secondary N) is 1. The Balaban J connectivity index is 2.53. The van der Waals surface area contributed by atoms with Crippen molar-refractivity contribution in [3.63, 3.8) is 0 Å². The Labute approximate surface area is 61.0 Å². The van der Waals surface area contributed by atoms with Crippen molar-refractivity contribution in [2.24, 2.45) is 0 Å². The molecule has 0 bridgehead atoms. The standard InChI is InChI=1S/C8H12FN/c1-2-3-8(9)4-6-10-7-5-8/h10H,4-7H2,1H3. The van der Waals surface area contributed by atoms with Crippen LogP contribution in [0.2, 0.25) is 0 Å². The second-order valence-electron chi connectivity index (χ2n) is 2.59. The first kappa shape index (κ1) is 7.56. The van der Waals surface area contributed by atoms with Gasteiger partial charge in [0.25, 0.3) is 0 Å². The predicted octanol–water partition coefficient (Wildman–Crippen LogP) is 1.10. The number of hydrogen-bond acceptors (Lipinski definition) is 1. The quantitative estimate of drug-likeness (QED) is 0.498. The minimum Gasteiger partial charge on any atom is -0.316 e. The molecule has 0 spiro atoms. The van der Waals surface area contributed by atoms with E-state index in [4.69, 9.17) is 0 Å². The molecule has 0 aromatic rings. The molecule has 0 radical (unpaired) electrons. The fraction of sp³-hybridized carbons (Fsp3) is 0.750. The van der Waals surface area contributed by atoms with Crippen molar-refractivity contribution in [3.05, 3.63) is 0 Å². The van der Waals surface area contributed by atoms with Gasteiger partial charge in [-0.1, -0.05) is 5.92 Å². The Morgan fingerprint density at radius 3 is 2.50 bits per heavy atom. The van der Waals surface area contributed by atoms with Crippen molar-refractivity contribution in [1.29, 1.82) is 0 Å². The highest BCUT2D eigenvalue weighted by molar-refractivity contribution is 5.13. The molecule has 10 heavy (non-hydrogen) atoms. The molecule has 1 aliphatic rings. The normalized spacial score (nSPS) is 23.0. The van der Waals surface area contributed by atoms with Crippen LogP contribution >= 0.6 is 0 Å². The van der Waals surface area contributed by atoms with Crippen molar-refractivity contribution >= 4 is 0 Å². The molecule has 1 rings (SSSR count). The molecule has 0 amide bonds.